The van der Waals surface area contributed by atoms with Crippen LogP contribution in [0.1, 0.15) is 42.1 Å². The summed E-state index contributed by atoms with van der Waals surface area (Å²) in [5.74, 6) is -0.0873. The van der Waals surface area contributed by atoms with Crippen molar-refractivity contribution in [3.05, 3.63) is 21.4 Å². The lowest BCUT2D eigenvalue weighted by Gasteiger charge is -2.24. The lowest BCUT2D eigenvalue weighted by Crippen LogP contribution is -2.44. The topological polar surface area (TPSA) is 38.3 Å². The molecule has 96 valence electrons. The number of amides is 1. The molecule has 0 fully saturated rings. The number of carbonyl (C=O) groups excluding carboxylic acids is 1. The molecular formula is C13H21NO2S. The van der Waals surface area contributed by atoms with Crippen LogP contribution >= 0.6 is 11.3 Å². The maximum absolute atomic E-state index is 12.0. The number of ether oxygens (including phenoxy) is 1. The van der Waals surface area contributed by atoms with Gasteiger partial charge in [-0.1, -0.05) is 0 Å². The zero-order valence-electron chi connectivity index (χ0n) is 11.4. The summed E-state index contributed by atoms with van der Waals surface area (Å²) in [4.78, 5) is 14.5. The van der Waals surface area contributed by atoms with Gasteiger partial charge in [-0.3, -0.25) is 4.79 Å². The molecule has 1 atom stereocenters. The van der Waals surface area contributed by atoms with Crippen molar-refractivity contribution in [1.29, 1.82) is 0 Å². The second kappa shape index (κ2) is 5.19. The van der Waals surface area contributed by atoms with Crippen molar-refractivity contribution in [2.75, 3.05) is 7.11 Å². The third kappa shape index (κ3) is 3.30. The first-order chi connectivity index (χ1) is 7.77. The fourth-order valence-corrected chi connectivity index (χ4v) is 2.64. The van der Waals surface area contributed by atoms with E-state index in [4.69, 9.17) is 4.74 Å². The average molecular weight is 255 g/mol. The van der Waals surface area contributed by atoms with Crippen LogP contribution in [0.15, 0.2) is 6.07 Å². The Labute approximate surface area is 107 Å². The predicted molar refractivity (Wildman–Crippen MR) is 71.4 cm³/mol. The minimum absolute atomic E-state index is 0.0156. The molecule has 1 aromatic rings. The van der Waals surface area contributed by atoms with Gasteiger partial charge in [0.05, 0.1) is 6.04 Å². The molecule has 0 aromatic carbocycles. The molecule has 1 heterocycles. The van der Waals surface area contributed by atoms with Crippen LogP contribution in [0.2, 0.25) is 0 Å². The first-order valence-corrected chi connectivity index (χ1v) is 6.52. The van der Waals surface area contributed by atoms with E-state index in [9.17, 15) is 4.79 Å². The van der Waals surface area contributed by atoms with Crippen LogP contribution < -0.4 is 5.32 Å². The zero-order valence-corrected chi connectivity index (χ0v) is 12.2. The molecule has 0 radical (unpaired) electrons. The smallest absolute Gasteiger partial charge is 0.252 e. The van der Waals surface area contributed by atoms with Gasteiger partial charge in [0.2, 0.25) is 0 Å². The number of hydrogen-bond donors (Lipinski definition) is 1. The van der Waals surface area contributed by atoms with Gasteiger partial charge in [0.1, 0.15) is 5.60 Å². The Morgan fingerprint density at radius 3 is 2.47 bits per heavy atom. The van der Waals surface area contributed by atoms with Crippen molar-refractivity contribution in [1.82, 2.24) is 5.32 Å². The Balaban J connectivity index is 2.77. The molecule has 0 aliphatic rings. The first-order valence-electron chi connectivity index (χ1n) is 5.71. The third-order valence-electron chi connectivity index (χ3n) is 2.95. The average Bonchev–Trinajstić information content (AvgIpc) is 2.57. The maximum Gasteiger partial charge on any atom is 0.252 e. The van der Waals surface area contributed by atoms with E-state index in [0.717, 1.165) is 0 Å². The van der Waals surface area contributed by atoms with Gasteiger partial charge < -0.3 is 10.1 Å². The van der Waals surface area contributed by atoms with Gasteiger partial charge in [0.15, 0.2) is 0 Å². The SMILES string of the molecule is COC(C)(C)C(=O)NC(C)c1cc(C)sc1C. The number of rotatable bonds is 4. The lowest BCUT2D eigenvalue weighted by atomic mass is 10.1. The second-order valence-corrected chi connectivity index (χ2v) is 6.24. The van der Waals surface area contributed by atoms with E-state index in [1.165, 1.54) is 15.3 Å². The fourth-order valence-electron chi connectivity index (χ4n) is 1.62. The molecule has 1 unspecified atom stereocenters. The molecule has 4 heteroatoms. The number of aryl methyl sites for hydroxylation is 2. The van der Waals surface area contributed by atoms with Crippen molar-refractivity contribution in [3.63, 3.8) is 0 Å². The standard InChI is InChI=1S/C13H21NO2S/c1-8-7-11(10(3)17-8)9(2)14-12(15)13(4,5)16-6/h7,9H,1-6H3,(H,14,15). The highest BCUT2D eigenvalue weighted by atomic mass is 32.1. The Morgan fingerprint density at radius 2 is 2.06 bits per heavy atom. The Morgan fingerprint density at radius 1 is 1.47 bits per heavy atom. The van der Waals surface area contributed by atoms with Crippen LogP contribution in [-0.2, 0) is 9.53 Å². The van der Waals surface area contributed by atoms with Crippen molar-refractivity contribution in [3.8, 4) is 0 Å². The normalized spacial score (nSPS) is 13.5. The molecular weight excluding hydrogens is 234 g/mol. The highest BCUT2D eigenvalue weighted by Gasteiger charge is 2.28. The monoisotopic (exact) mass is 255 g/mol. The summed E-state index contributed by atoms with van der Waals surface area (Å²) in [5, 5.41) is 2.98. The first kappa shape index (κ1) is 14.2. The molecule has 1 aromatic heterocycles. The minimum atomic E-state index is -0.784. The van der Waals surface area contributed by atoms with Crippen molar-refractivity contribution < 1.29 is 9.53 Å². The molecule has 0 spiro atoms. The predicted octanol–water partition coefficient (Wildman–Crippen LogP) is 2.97. The van der Waals surface area contributed by atoms with Crippen LogP contribution in [0, 0.1) is 13.8 Å². The fraction of sp³-hybridized carbons (Fsp3) is 0.615. The van der Waals surface area contributed by atoms with Gasteiger partial charge >= 0.3 is 0 Å². The van der Waals surface area contributed by atoms with E-state index in [1.807, 2.05) is 6.92 Å². The maximum atomic E-state index is 12.0. The summed E-state index contributed by atoms with van der Waals surface area (Å²) >= 11 is 1.76. The van der Waals surface area contributed by atoms with Gasteiger partial charge in [-0.05, 0) is 46.2 Å². The van der Waals surface area contributed by atoms with Crippen molar-refractivity contribution in [2.24, 2.45) is 0 Å². The van der Waals surface area contributed by atoms with Gasteiger partial charge in [-0.2, -0.15) is 0 Å². The van der Waals surface area contributed by atoms with Gasteiger partial charge in [0, 0.05) is 16.9 Å². The zero-order chi connectivity index (χ0) is 13.2. The Bertz CT molecular complexity index is 410. The molecule has 1 amide bonds. The summed E-state index contributed by atoms with van der Waals surface area (Å²) < 4.78 is 5.16. The van der Waals surface area contributed by atoms with Crippen molar-refractivity contribution in [2.45, 2.75) is 46.3 Å². The molecule has 0 saturated heterocycles. The van der Waals surface area contributed by atoms with Crippen LogP contribution in [0.3, 0.4) is 0 Å². The number of carbonyl (C=O) groups is 1. The van der Waals surface area contributed by atoms with Crippen LogP contribution in [0.5, 0.6) is 0 Å². The van der Waals surface area contributed by atoms with Crippen LogP contribution in [0.4, 0.5) is 0 Å². The molecule has 17 heavy (non-hydrogen) atoms. The summed E-state index contributed by atoms with van der Waals surface area (Å²) in [6.07, 6.45) is 0. The second-order valence-electron chi connectivity index (χ2n) is 4.78. The third-order valence-corrected chi connectivity index (χ3v) is 3.93. The molecule has 1 rings (SSSR count). The summed E-state index contributed by atoms with van der Waals surface area (Å²) in [5.41, 5.74) is 0.403. The van der Waals surface area contributed by atoms with Gasteiger partial charge in [-0.15, -0.1) is 11.3 Å². The van der Waals surface area contributed by atoms with E-state index in [0.29, 0.717) is 0 Å². The highest BCUT2D eigenvalue weighted by molar-refractivity contribution is 7.12. The van der Waals surface area contributed by atoms with Crippen LogP contribution in [0.25, 0.3) is 0 Å². The van der Waals surface area contributed by atoms with E-state index in [2.05, 4.69) is 25.2 Å². The number of methoxy groups -OCH3 is 1. The van der Waals surface area contributed by atoms with Gasteiger partial charge in [-0.25, -0.2) is 0 Å². The summed E-state index contributed by atoms with van der Waals surface area (Å²) in [7, 11) is 1.55. The van der Waals surface area contributed by atoms with Gasteiger partial charge in [0.25, 0.3) is 5.91 Å². The molecule has 0 saturated carbocycles. The quantitative estimate of drug-likeness (QED) is 0.898. The largest absolute Gasteiger partial charge is 0.369 e. The molecule has 0 bridgehead atoms. The molecule has 1 N–H and O–H groups in total. The molecule has 3 nitrogen and oxygen atoms in total. The van der Waals surface area contributed by atoms with Crippen molar-refractivity contribution >= 4 is 17.2 Å². The lowest BCUT2D eigenvalue weighted by molar-refractivity contribution is -0.140. The van der Waals surface area contributed by atoms with E-state index >= 15 is 0 Å². The van der Waals surface area contributed by atoms with Crippen LogP contribution in [-0.4, -0.2) is 18.6 Å². The number of nitrogens with one attached hydrogen (secondary N) is 1. The minimum Gasteiger partial charge on any atom is -0.369 e. The van der Waals surface area contributed by atoms with E-state index < -0.39 is 5.60 Å². The Hall–Kier alpha value is -0.870. The van der Waals surface area contributed by atoms with E-state index in [-0.39, 0.29) is 11.9 Å². The summed E-state index contributed by atoms with van der Waals surface area (Å²) in [6, 6.07) is 2.15. The number of thiophene rings is 1. The highest BCUT2D eigenvalue weighted by Crippen LogP contribution is 2.26. The summed E-state index contributed by atoms with van der Waals surface area (Å²) in [6.45, 7) is 9.69. The Kier molecular flexibility index (Phi) is 4.33. The molecule has 0 aliphatic heterocycles. The molecule has 0 aliphatic carbocycles. The number of hydrogen-bond acceptors (Lipinski definition) is 3. The van der Waals surface area contributed by atoms with E-state index in [1.54, 1.807) is 32.3 Å².